The zero-order valence-corrected chi connectivity index (χ0v) is 22.2. The van der Waals surface area contributed by atoms with Gasteiger partial charge in [-0.3, -0.25) is 9.48 Å². The molecule has 2 aromatic heterocycles. The summed E-state index contributed by atoms with van der Waals surface area (Å²) < 4.78 is 42.2. The van der Waals surface area contributed by atoms with Gasteiger partial charge in [-0.1, -0.05) is 6.07 Å². The van der Waals surface area contributed by atoms with Crippen molar-refractivity contribution in [2.24, 2.45) is 5.73 Å². The molecule has 1 aliphatic rings. The summed E-state index contributed by atoms with van der Waals surface area (Å²) in [6.45, 7) is 0.932. The fourth-order valence-electron chi connectivity index (χ4n) is 5.28. The number of methoxy groups -OCH3 is 2. The summed E-state index contributed by atoms with van der Waals surface area (Å²) >= 11 is 0. The summed E-state index contributed by atoms with van der Waals surface area (Å²) in [5.74, 6) is -1.34. The number of carbonyl (C=O) groups is 1. The molecular weight excluding hydrogens is 522 g/mol. The molecule has 0 saturated carbocycles. The topological polar surface area (TPSA) is 129 Å². The third kappa shape index (κ3) is 5.12. The molecule has 210 valence electrons. The van der Waals surface area contributed by atoms with E-state index < -0.39 is 17.4 Å². The van der Waals surface area contributed by atoms with Gasteiger partial charge >= 0.3 is 0 Å². The maximum Gasteiger partial charge on any atom is 0.185 e. The SMILES string of the molecule is COCCn1ncc2c(N3C[C@@H](N)C[C@H]3CO)c(CC(=O)c3ccnc(-c4c(F)cccc4OC)n3)cc(F)c21. The lowest BCUT2D eigenvalue weighted by Crippen LogP contribution is -2.34. The number of aromatic nitrogens is 4. The number of aliphatic hydroxyl groups excluding tert-OH is 1. The van der Waals surface area contributed by atoms with Gasteiger partial charge in [0.25, 0.3) is 0 Å². The zero-order valence-electron chi connectivity index (χ0n) is 22.2. The average molecular weight is 553 g/mol. The Morgan fingerprint density at radius 2 is 2.05 bits per heavy atom. The van der Waals surface area contributed by atoms with E-state index in [9.17, 15) is 14.3 Å². The van der Waals surface area contributed by atoms with Gasteiger partial charge in [0.2, 0.25) is 0 Å². The molecule has 10 nitrogen and oxygen atoms in total. The number of halogens is 2. The Kier molecular flexibility index (Phi) is 8.01. The quantitative estimate of drug-likeness (QED) is 0.285. The van der Waals surface area contributed by atoms with E-state index in [2.05, 4.69) is 15.1 Å². The molecule has 3 heterocycles. The second-order valence-electron chi connectivity index (χ2n) is 9.66. The number of aliphatic hydroxyl groups is 1. The van der Waals surface area contributed by atoms with E-state index in [-0.39, 0.29) is 53.5 Å². The van der Waals surface area contributed by atoms with Gasteiger partial charge < -0.3 is 25.2 Å². The average Bonchev–Trinajstić information content (AvgIpc) is 3.55. The standard InChI is InChI=1S/C28H30F2N6O4/c1-39-9-8-36-27-19(13-33-36)26(35-14-17(31)12-18(35)15-37)16(10-21(27)30)11-23(38)22-6-7-32-28(34-22)25-20(29)4-3-5-24(25)40-2/h3-7,10,13,17-18,37H,8-9,11-12,14-15,31H2,1-2H3/t17-,18-/m0/s1. The van der Waals surface area contributed by atoms with E-state index in [0.29, 0.717) is 42.8 Å². The molecule has 3 N–H and O–H groups in total. The molecule has 0 bridgehead atoms. The molecule has 1 fully saturated rings. The highest BCUT2D eigenvalue weighted by atomic mass is 19.1. The number of anilines is 1. The van der Waals surface area contributed by atoms with Crippen molar-refractivity contribution >= 4 is 22.4 Å². The van der Waals surface area contributed by atoms with Crippen molar-refractivity contribution in [1.29, 1.82) is 0 Å². The first-order valence-corrected chi connectivity index (χ1v) is 12.8. The van der Waals surface area contributed by atoms with Crippen molar-refractivity contribution in [2.75, 3.05) is 38.9 Å². The first kappa shape index (κ1) is 27.6. The molecule has 0 unspecified atom stereocenters. The predicted octanol–water partition coefficient (Wildman–Crippen LogP) is 2.75. The highest BCUT2D eigenvalue weighted by molar-refractivity contribution is 6.01. The van der Waals surface area contributed by atoms with E-state index >= 15 is 4.39 Å². The third-order valence-electron chi connectivity index (χ3n) is 7.09. The van der Waals surface area contributed by atoms with Gasteiger partial charge in [0.05, 0.1) is 50.4 Å². The van der Waals surface area contributed by atoms with Gasteiger partial charge in [-0.25, -0.2) is 18.7 Å². The minimum Gasteiger partial charge on any atom is -0.496 e. The molecule has 0 aliphatic carbocycles. The fraction of sp³-hybridized carbons (Fsp3) is 0.357. The van der Waals surface area contributed by atoms with Crippen LogP contribution in [0.3, 0.4) is 0 Å². The van der Waals surface area contributed by atoms with Gasteiger partial charge in [0.15, 0.2) is 11.6 Å². The minimum atomic E-state index is -0.593. The summed E-state index contributed by atoms with van der Waals surface area (Å²) in [5.41, 5.74) is 7.57. The smallest absolute Gasteiger partial charge is 0.185 e. The largest absolute Gasteiger partial charge is 0.496 e. The molecular formula is C28H30F2N6O4. The van der Waals surface area contributed by atoms with Crippen LogP contribution in [0.5, 0.6) is 5.75 Å². The van der Waals surface area contributed by atoms with Crippen molar-refractivity contribution < 1.29 is 28.2 Å². The van der Waals surface area contributed by atoms with Crippen LogP contribution in [0.2, 0.25) is 0 Å². The van der Waals surface area contributed by atoms with E-state index in [1.54, 1.807) is 19.4 Å². The van der Waals surface area contributed by atoms with Crippen LogP contribution in [0.15, 0.2) is 42.7 Å². The van der Waals surface area contributed by atoms with Crippen LogP contribution in [0, 0.1) is 11.6 Å². The lowest BCUT2D eigenvalue weighted by molar-refractivity contribution is 0.0988. The number of nitrogens with zero attached hydrogens (tertiary/aromatic N) is 5. The summed E-state index contributed by atoms with van der Waals surface area (Å²) in [7, 11) is 2.95. The van der Waals surface area contributed by atoms with Gasteiger partial charge in [0, 0.05) is 37.7 Å². The van der Waals surface area contributed by atoms with Crippen LogP contribution in [0.4, 0.5) is 14.5 Å². The molecule has 1 aliphatic heterocycles. The zero-order chi connectivity index (χ0) is 28.4. The lowest BCUT2D eigenvalue weighted by atomic mass is 10.00. The molecule has 4 aromatic rings. The van der Waals surface area contributed by atoms with Crippen molar-refractivity contribution in [2.45, 2.75) is 31.5 Å². The van der Waals surface area contributed by atoms with Crippen LogP contribution in [0.1, 0.15) is 22.5 Å². The van der Waals surface area contributed by atoms with Gasteiger partial charge in [-0.15, -0.1) is 0 Å². The normalized spacial score (nSPS) is 17.1. The summed E-state index contributed by atoms with van der Waals surface area (Å²) in [6, 6.07) is 6.57. The van der Waals surface area contributed by atoms with Crippen LogP contribution >= 0.6 is 0 Å². The molecule has 1 saturated heterocycles. The maximum absolute atomic E-state index is 15.6. The number of nitrogens with two attached hydrogens (primary N) is 1. The van der Waals surface area contributed by atoms with Crippen molar-refractivity contribution in [3.05, 3.63) is 65.6 Å². The number of hydrogen-bond acceptors (Lipinski definition) is 9. The Labute approximate surface area is 229 Å². The summed E-state index contributed by atoms with van der Waals surface area (Å²) in [5, 5.41) is 15.0. The van der Waals surface area contributed by atoms with E-state index in [1.165, 1.54) is 42.3 Å². The Morgan fingerprint density at radius 3 is 2.80 bits per heavy atom. The first-order valence-electron chi connectivity index (χ1n) is 12.8. The molecule has 12 heteroatoms. The second kappa shape index (κ2) is 11.6. The number of Topliss-reactive ketones (excluding diaryl/α,β-unsaturated/α-hetero) is 1. The van der Waals surface area contributed by atoms with Crippen LogP contribution in [0.25, 0.3) is 22.3 Å². The van der Waals surface area contributed by atoms with Crippen LogP contribution in [-0.4, -0.2) is 76.7 Å². The molecule has 2 atom stereocenters. The number of fused-ring (bicyclic) bond motifs is 1. The number of benzene rings is 2. The van der Waals surface area contributed by atoms with Crippen LogP contribution < -0.4 is 15.4 Å². The number of ketones is 1. The van der Waals surface area contributed by atoms with Crippen molar-refractivity contribution in [1.82, 2.24) is 19.7 Å². The molecule has 0 radical (unpaired) electrons. The van der Waals surface area contributed by atoms with E-state index in [0.717, 1.165) is 0 Å². The summed E-state index contributed by atoms with van der Waals surface area (Å²) in [4.78, 5) is 23.9. The summed E-state index contributed by atoms with van der Waals surface area (Å²) in [6.07, 6.45) is 3.26. The Hall–Kier alpha value is -4.00. The fourth-order valence-corrected chi connectivity index (χ4v) is 5.28. The van der Waals surface area contributed by atoms with Gasteiger partial charge in [-0.05, 0) is 36.2 Å². The maximum atomic E-state index is 15.6. The molecule has 0 amide bonds. The highest BCUT2D eigenvalue weighted by Crippen LogP contribution is 2.38. The molecule has 0 spiro atoms. The third-order valence-corrected chi connectivity index (χ3v) is 7.09. The highest BCUT2D eigenvalue weighted by Gasteiger charge is 2.34. The lowest BCUT2D eigenvalue weighted by Gasteiger charge is -2.28. The molecule has 5 rings (SSSR count). The Balaban J connectivity index is 1.57. The van der Waals surface area contributed by atoms with E-state index in [1.807, 2.05) is 4.90 Å². The van der Waals surface area contributed by atoms with Gasteiger partial charge in [0.1, 0.15) is 28.6 Å². The van der Waals surface area contributed by atoms with E-state index in [4.69, 9.17) is 15.2 Å². The van der Waals surface area contributed by atoms with Crippen molar-refractivity contribution in [3.8, 4) is 17.1 Å². The molecule has 2 aromatic carbocycles. The van der Waals surface area contributed by atoms with Crippen LogP contribution in [-0.2, 0) is 17.7 Å². The molecule has 40 heavy (non-hydrogen) atoms. The number of ether oxygens (including phenoxy) is 2. The minimum absolute atomic E-state index is 0.00654. The first-order chi connectivity index (χ1) is 19.4. The van der Waals surface area contributed by atoms with Gasteiger partial charge in [-0.2, -0.15) is 5.10 Å². The monoisotopic (exact) mass is 552 g/mol. The Morgan fingerprint density at radius 1 is 1.23 bits per heavy atom. The number of carbonyl (C=O) groups excluding carboxylic acids is 1. The predicted molar refractivity (Wildman–Crippen MR) is 144 cm³/mol. The number of hydrogen-bond donors (Lipinski definition) is 2. The van der Waals surface area contributed by atoms with Crippen molar-refractivity contribution in [3.63, 3.8) is 0 Å². The second-order valence-corrected chi connectivity index (χ2v) is 9.66. The number of rotatable bonds is 10. The Bertz CT molecular complexity index is 1550.